The predicted molar refractivity (Wildman–Crippen MR) is 37.3 cm³/mol. The molecule has 1 heterocycles. The lowest BCUT2D eigenvalue weighted by atomic mass is 10.3. The van der Waals surface area contributed by atoms with Gasteiger partial charge in [0.15, 0.2) is 0 Å². The Kier molecular flexibility index (Phi) is 2.25. The topological polar surface area (TPSA) is 23.5 Å². The first-order valence-corrected chi connectivity index (χ1v) is 3.34. The summed E-state index contributed by atoms with van der Waals surface area (Å²) in [5.41, 5.74) is 0. The van der Waals surface area contributed by atoms with Crippen LogP contribution in [0.2, 0.25) is 0 Å². The van der Waals surface area contributed by atoms with Gasteiger partial charge in [0.2, 0.25) is 0 Å². The fourth-order valence-electron chi connectivity index (χ4n) is 1.16. The number of rotatable bonds is 2. The van der Waals surface area contributed by atoms with Gasteiger partial charge in [-0.1, -0.05) is 6.08 Å². The van der Waals surface area contributed by atoms with Gasteiger partial charge in [0.25, 0.3) is 0 Å². The van der Waals surface area contributed by atoms with E-state index in [0.29, 0.717) is 0 Å². The summed E-state index contributed by atoms with van der Waals surface area (Å²) in [6.45, 7) is 6.39. The van der Waals surface area contributed by atoms with Crippen molar-refractivity contribution in [2.75, 3.05) is 19.6 Å². The van der Waals surface area contributed by atoms with Crippen LogP contribution in [-0.4, -0.2) is 35.7 Å². The zero-order valence-electron chi connectivity index (χ0n) is 5.58. The molecule has 0 radical (unpaired) electrons. The van der Waals surface area contributed by atoms with Crippen molar-refractivity contribution in [3.05, 3.63) is 12.7 Å². The average molecular weight is 127 g/mol. The van der Waals surface area contributed by atoms with E-state index >= 15 is 0 Å². The summed E-state index contributed by atoms with van der Waals surface area (Å²) in [7, 11) is 0. The molecule has 1 saturated heterocycles. The first kappa shape index (κ1) is 6.78. The van der Waals surface area contributed by atoms with E-state index in [0.717, 1.165) is 26.1 Å². The number of β-amino-alcohol motifs (C(OH)–C–C–N with tert-alkyl or cyclic N) is 1. The van der Waals surface area contributed by atoms with Gasteiger partial charge in [-0.2, -0.15) is 0 Å². The minimum atomic E-state index is -0.0926. The first-order valence-electron chi connectivity index (χ1n) is 3.34. The van der Waals surface area contributed by atoms with E-state index in [1.165, 1.54) is 0 Å². The number of hydrogen-bond acceptors (Lipinski definition) is 2. The normalized spacial score (nSPS) is 28.8. The number of aliphatic hydroxyl groups is 1. The van der Waals surface area contributed by atoms with Gasteiger partial charge in [0, 0.05) is 19.6 Å². The van der Waals surface area contributed by atoms with E-state index in [4.69, 9.17) is 5.11 Å². The summed E-state index contributed by atoms with van der Waals surface area (Å²) >= 11 is 0. The van der Waals surface area contributed by atoms with E-state index in [1.807, 2.05) is 6.08 Å². The van der Waals surface area contributed by atoms with Crippen molar-refractivity contribution >= 4 is 0 Å². The molecule has 2 nitrogen and oxygen atoms in total. The Hall–Kier alpha value is -0.340. The Balaban J connectivity index is 2.21. The molecule has 1 N–H and O–H groups in total. The maximum atomic E-state index is 9.05. The zero-order chi connectivity index (χ0) is 6.69. The lowest BCUT2D eigenvalue weighted by Crippen LogP contribution is -2.21. The van der Waals surface area contributed by atoms with Crippen LogP contribution < -0.4 is 0 Å². The molecule has 52 valence electrons. The molecule has 0 saturated carbocycles. The molecule has 9 heavy (non-hydrogen) atoms. The van der Waals surface area contributed by atoms with Crippen LogP contribution in [0.1, 0.15) is 6.42 Å². The monoisotopic (exact) mass is 127 g/mol. The molecule has 2 heteroatoms. The fourth-order valence-corrected chi connectivity index (χ4v) is 1.16. The van der Waals surface area contributed by atoms with E-state index in [2.05, 4.69) is 11.5 Å². The molecule has 1 atom stereocenters. The van der Waals surface area contributed by atoms with Crippen molar-refractivity contribution < 1.29 is 5.11 Å². The molecule has 1 aliphatic rings. The van der Waals surface area contributed by atoms with Crippen LogP contribution in [0.25, 0.3) is 0 Å². The number of nitrogens with zero attached hydrogens (tertiary/aromatic N) is 1. The summed E-state index contributed by atoms with van der Waals surface area (Å²) in [5.74, 6) is 0. The first-order chi connectivity index (χ1) is 4.33. The quantitative estimate of drug-likeness (QED) is 0.537. The Bertz CT molecular complexity index is 103. The van der Waals surface area contributed by atoms with Crippen LogP contribution in [0.5, 0.6) is 0 Å². The highest BCUT2D eigenvalue weighted by atomic mass is 16.3. The van der Waals surface area contributed by atoms with Crippen LogP contribution in [0.3, 0.4) is 0 Å². The summed E-state index contributed by atoms with van der Waals surface area (Å²) in [5, 5.41) is 9.05. The highest BCUT2D eigenvalue weighted by Gasteiger charge is 2.17. The largest absolute Gasteiger partial charge is 0.392 e. The van der Waals surface area contributed by atoms with E-state index in [-0.39, 0.29) is 6.10 Å². The van der Waals surface area contributed by atoms with E-state index in [9.17, 15) is 0 Å². The zero-order valence-corrected chi connectivity index (χ0v) is 5.58. The lowest BCUT2D eigenvalue weighted by Gasteiger charge is -2.10. The van der Waals surface area contributed by atoms with Gasteiger partial charge in [-0.15, -0.1) is 6.58 Å². The van der Waals surface area contributed by atoms with Crippen molar-refractivity contribution in [2.24, 2.45) is 0 Å². The summed E-state index contributed by atoms with van der Waals surface area (Å²) in [6, 6.07) is 0. The second-order valence-corrected chi connectivity index (χ2v) is 2.49. The summed E-state index contributed by atoms with van der Waals surface area (Å²) in [6.07, 6.45) is 2.70. The van der Waals surface area contributed by atoms with Gasteiger partial charge in [0.1, 0.15) is 0 Å². The Labute approximate surface area is 55.8 Å². The highest BCUT2D eigenvalue weighted by molar-refractivity contribution is 4.80. The molecule has 0 aromatic heterocycles. The lowest BCUT2D eigenvalue weighted by molar-refractivity contribution is 0.179. The van der Waals surface area contributed by atoms with Crippen molar-refractivity contribution in [2.45, 2.75) is 12.5 Å². The molecular formula is C7H13NO. The van der Waals surface area contributed by atoms with Crippen molar-refractivity contribution in [1.29, 1.82) is 0 Å². The highest BCUT2D eigenvalue weighted by Crippen LogP contribution is 2.07. The third-order valence-corrected chi connectivity index (χ3v) is 1.63. The van der Waals surface area contributed by atoms with Crippen molar-refractivity contribution in [3.8, 4) is 0 Å². The molecule has 0 amide bonds. The molecule has 0 aromatic carbocycles. The van der Waals surface area contributed by atoms with Gasteiger partial charge in [-0.3, -0.25) is 4.90 Å². The summed E-state index contributed by atoms with van der Waals surface area (Å²) < 4.78 is 0. The minimum Gasteiger partial charge on any atom is -0.392 e. The van der Waals surface area contributed by atoms with Crippen molar-refractivity contribution in [1.82, 2.24) is 4.90 Å². The van der Waals surface area contributed by atoms with Gasteiger partial charge < -0.3 is 5.11 Å². The maximum absolute atomic E-state index is 9.05. The Morgan fingerprint density at radius 2 is 2.56 bits per heavy atom. The maximum Gasteiger partial charge on any atom is 0.0679 e. The number of aliphatic hydroxyl groups excluding tert-OH is 1. The van der Waals surface area contributed by atoms with Crippen LogP contribution in [0.4, 0.5) is 0 Å². The van der Waals surface area contributed by atoms with Gasteiger partial charge in [0.05, 0.1) is 6.10 Å². The standard InChI is InChI=1S/C7H13NO/c1-2-4-8-5-3-7(9)6-8/h2,7,9H,1,3-6H2/t7-/m1/s1. The molecule has 0 aromatic rings. The fraction of sp³-hybridized carbons (Fsp3) is 0.714. The third-order valence-electron chi connectivity index (χ3n) is 1.63. The van der Waals surface area contributed by atoms with E-state index < -0.39 is 0 Å². The Morgan fingerprint density at radius 1 is 1.78 bits per heavy atom. The van der Waals surface area contributed by atoms with Gasteiger partial charge in [-0.25, -0.2) is 0 Å². The van der Waals surface area contributed by atoms with Crippen LogP contribution >= 0.6 is 0 Å². The molecule has 0 bridgehead atoms. The SMILES string of the molecule is C=CCN1CC[C@@H](O)C1. The molecule has 0 unspecified atom stereocenters. The van der Waals surface area contributed by atoms with Crippen LogP contribution in [0.15, 0.2) is 12.7 Å². The molecule has 1 fully saturated rings. The molecule has 1 rings (SSSR count). The van der Waals surface area contributed by atoms with Crippen LogP contribution in [0, 0.1) is 0 Å². The molecular weight excluding hydrogens is 114 g/mol. The van der Waals surface area contributed by atoms with Crippen molar-refractivity contribution in [3.63, 3.8) is 0 Å². The Morgan fingerprint density at radius 3 is 3.00 bits per heavy atom. The third kappa shape index (κ3) is 1.80. The predicted octanol–water partition coefficient (Wildman–Crippen LogP) is 0.239. The summed E-state index contributed by atoms with van der Waals surface area (Å²) in [4.78, 5) is 2.19. The average Bonchev–Trinajstić information content (AvgIpc) is 2.17. The molecule has 0 aliphatic carbocycles. The van der Waals surface area contributed by atoms with Gasteiger partial charge in [-0.05, 0) is 6.42 Å². The minimum absolute atomic E-state index is 0.0926. The second-order valence-electron chi connectivity index (χ2n) is 2.49. The smallest absolute Gasteiger partial charge is 0.0679 e. The van der Waals surface area contributed by atoms with Gasteiger partial charge >= 0.3 is 0 Å². The van der Waals surface area contributed by atoms with E-state index in [1.54, 1.807) is 0 Å². The molecule has 1 aliphatic heterocycles. The number of hydrogen-bond donors (Lipinski definition) is 1. The molecule has 0 spiro atoms. The number of likely N-dealkylation sites (tertiary alicyclic amines) is 1. The second kappa shape index (κ2) is 2.99. The van der Waals surface area contributed by atoms with Crippen LogP contribution in [-0.2, 0) is 0 Å².